The van der Waals surface area contributed by atoms with Crippen molar-refractivity contribution in [1.29, 1.82) is 0 Å². The lowest BCUT2D eigenvalue weighted by Crippen LogP contribution is -2.41. The molecule has 0 unspecified atom stereocenters. The fourth-order valence-electron chi connectivity index (χ4n) is 1.76. The first kappa shape index (κ1) is 15.6. The van der Waals surface area contributed by atoms with Gasteiger partial charge in [0.2, 0.25) is 0 Å². The molecule has 0 radical (unpaired) electrons. The lowest BCUT2D eigenvalue weighted by molar-refractivity contribution is -0.137. The lowest BCUT2D eigenvalue weighted by atomic mass is 9.83. The molecule has 0 saturated carbocycles. The first-order chi connectivity index (χ1) is 8.94. The molecule has 1 fully saturated rings. The Bertz CT molecular complexity index is 518. The summed E-state index contributed by atoms with van der Waals surface area (Å²) in [5, 5.41) is -0.447. The maximum Gasteiger partial charge on any atom is 0.514 e. The van der Waals surface area contributed by atoms with Crippen LogP contribution in [0.1, 0.15) is 33.3 Å². The van der Waals surface area contributed by atoms with Crippen molar-refractivity contribution in [3.63, 3.8) is 0 Å². The molecule has 1 aromatic rings. The van der Waals surface area contributed by atoms with Crippen molar-refractivity contribution in [3.05, 3.63) is 22.8 Å². The molecule has 110 valence electrons. The summed E-state index contributed by atoms with van der Waals surface area (Å²) in [4.78, 5) is 3.88. The number of rotatable bonds is 1. The van der Waals surface area contributed by atoms with E-state index in [1.165, 1.54) is 0 Å². The Morgan fingerprint density at radius 3 is 2.10 bits per heavy atom. The molecule has 2 rings (SSSR count). The van der Waals surface area contributed by atoms with Crippen molar-refractivity contribution < 1.29 is 22.5 Å². The topological polar surface area (TPSA) is 31.4 Å². The Labute approximate surface area is 120 Å². The van der Waals surface area contributed by atoms with E-state index in [1.807, 2.05) is 27.7 Å². The number of alkyl halides is 3. The zero-order valence-electron chi connectivity index (χ0n) is 11.5. The number of aromatic nitrogens is 1. The van der Waals surface area contributed by atoms with Gasteiger partial charge in [-0.25, -0.2) is 0 Å². The number of pyridine rings is 1. The second kappa shape index (κ2) is 4.61. The first-order valence-corrected chi connectivity index (χ1v) is 6.40. The molecule has 0 atom stereocenters. The van der Waals surface area contributed by atoms with Crippen molar-refractivity contribution >= 4 is 24.3 Å². The highest BCUT2D eigenvalue weighted by molar-refractivity contribution is 6.61. The van der Waals surface area contributed by atoms with Gasteiger partial charge in [-0.15, -0.1) is 0 Å². The normalized spacial score (nSPS) is 21.3. The summed E-state index contributed by atoms with van der Waals surface area (Å²) >= 11 is 5.54. The Morgan fingerprint density at radius 1 is 1.15 bits per heavy atom. The van der Waals surface area contributed by atoms with Crippen LogP contribution in [0.3, 0.4) is 0 Å². The zero-order valence-corrected chi connectivity index (χ0v) is 12.3. The second-order valence-electron chi connectivity index (χ2n) is 5.68. The van der Waals surface area contributed by atoms with Crippen LogP contribution in [0.5, 0.6) is 0 Å². The van der Waals surface area contributed by atoms with Gasteiger partial charge in [0.25, 0.3) is 0 Å². The molecule has 3 nitrogen and oxygen atoms in total. The Morgan fingerprint density at radius 2 is 1.65 bits per heavy atom. The number of hydrogen-bond acceptors (Lipinski definition) is 3. The van der Waals surface area contributed by atoms with Crippen LogP contribution < -0.4 is 5.59 Å². The van der Waals surface area contributed by atoms with Gasteiger partial charge in [-0.3, -0.25) is 4.98 Å². The van der Waals surface area contributed by atoms with Crippen molar-refractivity contribution in [2.45, 2.75) is 45.1 Å². The van der Waals surface area contributed by atoms with E-state index in [0.717, 1.165) is 12.3 Å². The fourth-order valence-corrected chi connectivity index (χ4v) is 1.98. The quantitative estimate of drug-likeness (QED) is 0.747. The summed E-state index contributed by atoms with van der Waals surface area (Å²) in [6.07, 6.45) is -3.58. The van der Waals surface area contributed by atoms with Gasteiger partial charge in [0, 0.05) is 6.20 Å². The van der Waals surface area contributed by atoms with E-state index in [-0.39, 0.29) is 5.59 Å². The molecular formula is C12H14BClF3NO2. The van der Waals surface area contributed by atoms with Crippen LogP contribution in [0.15, 0.2) is 12.3 Å². The largest absolute Gasteiger partial charge is 0.514 e. The van der Waals surface area contributed by atoms with Crippen LogP contribution in [-0.2, 0) is 15.5 Å². The van der Waals surface area contributed by atoms with Gasteiger partial charge >= 0.3 is 13.3 Å². The molecule has 1 aliphatic heterocycles. The highest BCUT2D eigenvalue weighted by Crippen LogP contribution is 2.37. The van der Waals surface area contributed by atoms with Gasteiger partial charge in [-0.05, 0) is 33.8 Å². The van der Waals surface area contributed by atoms with Crippen LogP contribution >= 0.6 is 11.6 Å². The smallest absolute Gasteiger partial charge is 0.398 e. The van der Waals surface area contributed by atoms with Crippen molar-refractivity contribution in [2.24, 2.45) is 0 Å². The third-order valence-electron chi connectivity index (χ3n) is 3.68. The number of hydrogen-bond donors (Lipinski definition) is 0. The van der Waals surface area contributed by atoms with Gasteiger partial charge in [0.05, 0.1) is 27.4 Å². The molecular weight excluding hydrogens is 293 g/mol. The van der Waals surface area contributed by atoms with Crippen LogP contribution in [-0.4, -0.2) is 23.3 Å². The van der Waals surface area contributed by atoms with E-state index < -0.39 is 35.1 Å². The minimum atomic E-state index is -4.54. The third kappa shape index (κ3) is 2.66. The summed E-state index contributed by atoms with van der Waals surface area (Å²) in [5.41, 5.74) is -2.17. The minimum Gasteiger partial charge on any atom is -0.398 e. The minimum absolute atomic E-state index is 0.0559. The van der Waals surface area contributed by atoms with Crippen molar-refractivity contribution in [2.75, 3.05) is 0 Å². The highest BCUT2D eigenvalue weighted by atomic mass is 35.5. The third-order valence-corrected chi connectivity index (χ3v) is 3.98. The van der Waals surface area contributed by atoms with Gasteiger partial charge in [0.1, 0.15) is 0 Å². The number of halogens is 4. The average molecular weight is 308 g/mol. The van der Waals surface area contributed by atoms with Crippen LogP contribution in [0.25, 0.3) is 0 Å². The van der Waals surface area contributed by atoms with Crippen LogP contribution in [0, 0.1) is 0 Å². The first-order valence-electron chi connectivity index (χ1n) is 6.02. The maximum absolute atomic E-state index is 12.8. The molecule has 0 N–H and O–H groups in total. The predicted octanol–water partition coefficient (Wildman–Crippen LogP) is 3.05. The summed E-state index contributed by atoms with van der Waals surface area (Å²) < 4.78 is 49.8. The van der Waals surface area contributed by atoms with Crippen molar-refractivity contribution in [3.8, 4) is 0 Å². The van der Waals surface area contributed by atoms with Crippen LogP contribution in [0.4, 0.5) is 13.2 Å². The summed E-state index contributed by atoms with van der Waals surface area (Å²) in [6, 6.07) is 0.866. The SMILES string of the molecule is CC1(C)OB(c2cc(C(F)(F)F)c(Cl)cn2)OC1(C)C. The van der Waals surface area contributed by atoms with E-state index in [9.17, 15) is 13.2 Å². The van der Waals surface area contributed by atoms with Gasteiger partial charge < -0.3 is 9.31 Å². The molecule has 8 heteroatoms. The molecule has 0 aromatic carbocycles. The summed E-state index contributed by atoms with van der Waals surface area (Å²) in [6.45, 7) is 7.25. The molecule has 0 spiro atoms. The monoisotopic (exact) mass is 307 g/mol. The molecule has 0 bridgehead atoms. The molecule has 0 aliphatic carbocycles. The highest BCUT2D eigenvalue weighted by Gasteiger charge is 2.52. The zero-order chi connectivity index (χ0) is 15.3. The van der Waals surface area contributed by atoms with E-state index in [0.29, 0.717) is 0 Å². The van der Waals surface area contributed by atoms with E-state index in [2.05, 4.69) is 4.98 Å². The second-order valence-corrected chi connectivity index (χ2v) is 6.08. The Hall–Kier alpha value is -0.785. The number of nitrogens with zero attached hydrogens (tertiary/aromatic N) is 1. The molecule has 2 heterocycles. The molecule has 0 amide bonds. The fraction of sp³-hybridized carbons (Fsp3) is 0.583. The van der Waals surface area contributed by atoms with Gasteiger partial charge in [-0.2, -0.15) is 13.2 Å². The Balaban J connectivity index is 2.37. The average Bonchev–Trinajstić information content (AvgIpc) is 2.47. The van der Waals surface area contributed by atoms with E-state index in [1.54, 1.807) is 0 Å². The standard InChI is InChI=1S/C12H14BClF3NO2/c1-10(2)11(3,4)20-13(19-10)9-5-7(12(15,16)17)8(14)6-18-9/h5-6H,1-4H3. The van der Waals surface area contributed by atoms with E-state index >= 15 is 0 Å². The predicted molar refractivity (Wildman–Crippen MR) is 70.0 cm³/mol. The van der Waals surface area contributed by atoms with Crippen LogP contribution in [0.2, 0.25) is 5.02 Å². The molecule has 1 aliphatic rings. The van der Waals surface area contributed by atoms with E-state index in [4.69, 9.17) is 20.9 Å². The summed E-state index contributed by atoms with van der Waals surface area (Å²) in [7, 11) is -0.946. The van der Waals surface area contributed by atoms with Gasteiger partial charge in [0.15, 0.2) is 0 Å². The summed E-state index contributed by atoms with van der Waals surface area (Å²) in [5.74, 6) is 0. The van der Waals surface area contributed by atoms with Crippen molar-refractivity contribution in [1.82, 2.24) is 4.98 Å². The molecule has 20 heavy (non-hydrogen) atoms. The molecule has 1 aromatic heterocycles. The molecule has 1 saturated heterocycles. The maximum atomic E-state index is 12.8. The van der Waals surface area contributed by atoms with Gasteiger partial charge in [-0.1, -0.05) is 11.6 Å². The Kier molecular flexibility index (Phi) is 3.60. The lowest BCUT2D eigenvalue weighted by Gasteiger charge is -2.32.